The lowest BCUT2D eigenvalue weighted by Crippen LogP contribution is -2.05. The highest BCUT2D eigenvalue weighted by molar-refractivity contribution is 7.95. The average Bonchev–Trinajstić information content (AvgIpc) is 2.57. The molecule has 13 heavy (non-hydrogen) atoms. The minimum Gasteiger partial charge on any atom is -0.0652 e. The van der Waals surface area contributed by atoms with E-state index in [9.17, 15) is 0 Å². The van der Waals surface area contributed by atoms with Gasteiger partial charge in [0.2, 0.25) is 0 Å². The van der Waals surface area contributed by atoms with Gasteiger partial charge in [0.15, 0.2) is 0 Å². The van der Waals surface area contributed by atoms with Crippen LogP contribution in [0.2, 0.25) is 0 Å². The fourth-order valence-corrected chi connectivity index (χ4v) is 4.35. The minimum atomic E-state index is 0.676. The Kier molecular flexibility index (Phi) is 2.94. The Morgan fingerprint density at radius 2 is 1.77 bits per heavy atom. The van der Waals surface area contributed by atoms with Gasteiger partial charge in [0.05, 0.1) is 0 Å². The number of rotatable bonds is 3. The molecular formula is C12H17S+. The Labute approximate surface area is 83.7 Å². The maximum Gasteiger partial charge on any atom is 0.134 e. The molecule has 0 bridgehead atoms. The van der Waals surface area contributed by atoms with Crippen LogP contribution in [0.25, 0.3) is 0 Å². The number of fused-ring (bicyclic) bond motifs is 1. The molecule has 1 aliphatic rings. The molecule has 1 aliphatic heterocycles. The van der Waals surface area contributed by atoms with E-state index in [2.05, 4.69) is 31.2 Å². The SMILES string of the molecule is CCCC[S+]1Cc2ccccc2C1. The predicted molar refractivity (Wildman–Crippen MR) is 61.0 cm³/mol. The molecule has 0 amide bonds. The summed E-state index contributed by atoms with van der Waals surface area (Å²) < 4.78 is 0. The van der Waals surface area contributed by atoms with Crippen molar-refractivity contribution in [1.29, 1.82) is 0 Å². The first-order valence-corrected chi connectivity index (χ1v) is 6.84. The molecule has 0 saturated heterocycles. The summed E-state index contributed by atoms with van der Waals surface area (Å²) in [6.45, 7) is 2.28. The number of hydrogen-bond acceptors (Lipinski definition) is 0. The summed E-state index contributed by atoms with van der Waals surface area (Å²) in [7, 11) is 0.676. The molecule has 0 spiro atoms. The monoisotopic (exact) mass is 193 g/mol. The van der Waals surface area contributed by atoms with Gasteiger partial charge in [0.1, 0.15) is 17.3 Å². The zero-order valence-electron chi connectivity index (χ0n) is 8.25. The van der Waals surface area contributed by atoms with Crippen molar-refractivity contribution >= 4 is 10.9 Å². The highest BCUT2D eigenvalue weighted by atomic mass is 32.2. The first kappa shape index (κ1) is 9.14. The van der Waals surface area contributed by atoms with Crippen molar-refractivity contribution in [1.82, 2.24) is 0 Å². The molecule has 1 heterocycles. The molecule has 0 unspecified atom stereocenters. The standard InChI is InChI=1S/C12H17S/c1-2-3-8-13-9-11-6-4-5-7-12(11)10-13/h4-7H,2-3,8-10H2,1H3/q+1. The van der Waals surface area contributed by atoms with E-state index >= 15 is 0 Å². The topological polar surface area (TPSA) is 0 Å². The van der Waals surface area contributed by atoms with Crippen LogP contribution in [0.15, 0.2) is 24.3 Å². The zero-order valence-corrected chi connectivity index (χ0v) is 9.07. The molecule has 1 aromatic carbocycles. The summed E-state index contributed by atoms with van der Waals surface area (Å²) >= 11 is 0. The maximum absolute atomic E-state index is 2.30. The van der Waals surface area contributed by atoms with Crippen LogP contribution in [0.4, 0.5) is 0 Å². The van der Waals surface area contributed by atoms with Gasteiger partial charge < -0.3 is 0 Å². The van der Waals surface area contributed by atoms with Crippen LogP contribution in [0.3, 0.4) is 0 Å². The van der Waals surface area contributed by atoms with Gasteiger partial charge in [-0.05, 0) is 17.3 Å². The van der Waals surface area contributed by atoms with E-state index < -0.39 is 0 Å². The van der Waals surface area contributed by atoms with E-state index in [0.717, 1.165) is 0 Å². The third-order valence-corrected chi connectivity index (χ3v) is 4.93. The molecule has 0 aliphatic carbocycles. The normalized spacial score (nSPS) is 16.1. The third kappa shape index (κ3) is 2.08. The first-order valence-electron chi connectivity index (χ1n) is 5.11. The summed E-state index contributed by atoms with van der Waals surface area (Å²) in [4.78, 5) is 0. The molecule has 0 radical (unpaired) electrons. The van der Waals surface area contributed by atoms with E-state index in [-0.39, 0.29) is 0 Å². The average molecular weight is 193 g/mol. The van der Waals surface area contributed by atoms with E-state index in [0.29, 0.717) is 10.9 Å². The van der Waals surface area contributed by atoms with Crippen molar-refractivity contribution in [3.63, 3.8) is 0 Å². The molecule has 0 nitrogen and oxygen atoms in total. The van der Waals surface area contributed by atoms with Crippen LogP contribution in [0.1, 0.15) is 30.9 Å². The van der Waals surface area contributed by atoms with Crippen LogP contribution < -0.4 is 0 Å². The molecule has 0 aromatic heterocycles. The van der Waals surface area contributed by atoms with Crippen LogP contribution in [-0.4, -0.2) is 5.75 Å². The van der Waals surface area contributed by atoms with E-state index in [1.165, 1.54) is 30.1 Å². The second-order valence-electron chi connectivity index (χ2n) is 3.73. The summed E-state index contributed by atoms with van der Waals surface area (Å²) in [6.07, 6.45) is 2.76. The molecule has 70 valence electrons. The van der Waals surface area contributed by atoms with Crippen LogP contribution in [0.5, 0.6) is 0 Å². The number of hydrogen-bond donors (Lipinski definition) is 0. The van der Waals surface area contributed by atoms with Gasteiger partial charge >= 0.3 is 0 Å². The lowest BCUT2D eigenvalue weighted by Gasteiger charge is -1.97. The third-order valence-electron chi connectivity index (χ3n) is 2.62. The Bertz CT molecular complexity index is 255. The first-order chi connectivity index (χ1) is 6.40. The molecule has 0 fully saturated rings. The molecule has 1 heteroatoms. The van der Waals surface area contributed by atoms with Gasteiger partial charge in [0.25, 0.3) is 0 Å². The molecular weight excluding hydrogens is 176 g/mol. The van der Waals surface area contributed by atoms with Crippen molar-refractivity contribution in [2.45, 2.75) is 31.3 Å². The Hall–Kier alpha value is -0.430. The Morgan fingerprint density at radius 1 is 1.15 bits per heavy atom. The van der Waals surface area contributed by atoms with Gasteiger partial charge in [-0.15, -0.1) is 0 Å². The Balaban J connectivity index is 1.97. The molecule has 0 atom stereocenters. The van der Waals surface area contributed by atoms with Crippen LogP contribution >= 0.6 is 0 Å². The van der Waals surface area contributed by atoms with E-state index in [4.69, 9.17) is 0 Å². The quantitative estimate of drug-likeness (QED) is 0.647. The highest BCUT2D eigenvalue weighted by Crippen LogP contribution is 2.26. The van der Waals surface area contributed by atoms with Crippen LogP contribution in [-0.2, 0) is 22.4 Å². The lowest BCUT2D eigenvalue weighted by molar-refractivity contribution is 0.892. The van der Waals surface area contributed by atoms with Gasteiger partial charge in [-0.25, -0.2) is 0 Å². The molecule has 0 N–H and O–H groups in total. The van der Waals surface area contributed by atoms with Crippen molar-refractivity contribution in [2.75, 3.05) is 5.75 Å². The maximum atomic E-state index is 2.30. The Morgan fingerprint density at radius 3 is 2.31 bits per heavy atom. The summed E-state index contributed by atoms with van der Waals surface area (Å²) in [5.74, 6) is 4.16. The zero-order chi connectivity index (χ0) is 9.10. The van der Waals surface area contributed by atoms with Crippen LogP contribution in [0, 0.1) is 0 Å². The second kappa shape index (κ2) is 4.19. The van der Waals surface area contributed by atoms with Crippen molar-refractivity contribution in [3.05, 3.63) is 35.4 Å². The highest BCUT2D eigenvalue weighted by Gasteiger charge is 2.28. The summed E-state index contributed by atoms with van der Waals surface area (Å²) in [5.41, 5.74) is 3.23. The smallest absolute Gasteiger partial charge is 0.0652 e. The van der Waals surface area contributed by atoms with Gasteiger partial charge in [-0.3, -0.25) is 0 Å². The number of unbranched alkanes of at least 4 members (excludes halogenated alkanes) is 1. The summed E-state index contributed by atoms with van der Waals surface area (Å²) in [6, 6.07) is 8.94. The number of benzene rings is 1. The molecule has 2 rings (SSSR count). The van der Waals surface area contributed by atoms with Crippen molar-refractivity contribution in [3.8, 4) is 0 Å². The fraction of sp³-hybridized carbons (Fsp3) is 0.500. The predicted octanol–water partition coefficient (Wildman–Crippen LogP) is 3.12. The van der Waals surface area contributed by atoms with E-state index in [1.807, 2.05) is 0 Å². The van der Waals surface area contributed by atoms with Crippen molar-refractivity contribution < 1.29 is 0 Å². The van der Waals surface area contributed by atoms with Gasteiger partial charge in [-0.2, -0.15) is 0 Å². The van der Waals surface area contributed by atoms with Crippen molar-refractivity contribution in [2.24, 2.45) is 0 Å². The molecule has 0 saturated carbocycles. The van der Waals surface area contributed by atoms with E-state index in [1.54, 1.807) is 11.1 Å². The fourth-order valence-electron chi connectivity index (χ4n) is 1.82. The minimum absolute atomic E-state index is 0.676. The largest absolute Gasteiger partial charge is 0.134 e. The van der Waals surface area contributed by atoms with Gasteiger partial charge in [0, 0.05) is 11.1 Å². The summed E-state index contributed by atoms with van der Waals surface area (Å²) in [5, 5.41) is 0. The lowest BCUT2D eigenvalue weighted by atomic mass is 10.1. The van der Waals surface area contributed by atoms with Gasteiger partial charge in [-0.1, -0.05) is 37.6 Å². The molecule has 1 aromatic rings. The second-order valence-corrected chi connectivity index (χ2v) is 5.94.